The monoisotopic (exact) mass is 328 g/mol. The number of carbonyl (C=O) groups excluding carboxylic acids is 2. The summed E-state index contributed by atoms with van der Waals surface area (Å²) in [4.78, 5) is 23.2. The lowest BCUT2D eigenvalue weighted by Crippen LogP contribution is -2.19. The van der Waals surface area contributed by atoms with Crippen molar-refractivity contribution in [3.8, 4) is 11.5 Å². The maximum Gasteiger partial charge on any atom is 0.255 e. The molecule has 2 aromatic rings. The van der Waals surface area contributed by atoms with Crippen molar-refractivity contribution in [1.29, 1.82) is 0 Å². The summed E-state index contributed by atoms with van der Waals surface area (Å²) >= 11 is 0. The van der Waals surface area contributed by atoms with E-state index in [-0.39, 0.29) is 11.8 Å². The first kappa shape index (κ1) is 17.3. The van der Waals surface area contributed by atoms with Crippen LogP contribution in [-0.2, 0) is 11.3 Å². The molecule has 6 heteroatoms. The Morgan fingerprint density at radius 3 is 2.21 bits per heavy atom. The molecule has 0 aliphatic heterocycles. The molecule has 0 heterocycles. The Labute approximate surface area is 140 Å². The molecule has 2 aromatic carbocycles. The first-order chi connectivity index (χ1) is 11.5. The highest BCUT2D eigenvalue weighted by Crippen LogP contribution is 2.29. The van der Waals surface area contributed by atoms with Crippen molar-refractivity contribution in [2.24, 2.45) is 0 Å². The van der Waals surface area contributed by atoms with Gasteiger partial charge in [-0.1, -0.05) is 12.1 Å². The number of ether oxygens (including phenoxy) is 2. The summed E-state index contributed by atoms with van der Waals surface area (Å²) in [6, 6.07) is 12.2. The molecule has 2 amide bonds. The molecule has 0 aromatic heterocycles. The smallest absolute Gasteiger partial charge is 0.255 e. The summed E-state index contributed by atoms with van der Waals surface area (Å²) in [5, 5.41) is 5.52. The molecular formula is C18H20N2O4. The van der Waals surface area contributed by atoms with Crippen molar-refractivity contribution in [3.63, 3.8) is 0 Å². The molecule has 2 rings (SSSR count). The topological polar surface area (TPSA) is 76.7 Å². The molecule has 0 saturated heterocycles. The van der Waals surface area contributed by atoms with Crippen LogP contribution in [-0.4, -0.2) is 26.0 Å². The van der Waals surface area contributed by atoms with E-state index in [4.69, 9.17) is 9.47 Å². The second-order valence-electron chi connectivity index (χ2n) is 5.13. The number of anilines is 1. The van der Waals surface area contributed by atoms with Crippen LogP contribution in [0.5, 0.6) is 11.5 Å². The molecular weight excluding hydrogens is 308 g/mol. The highest BCUT2D eigenvalue weighted by molar-refractivity contribution is 6.04. The van der Waals surface area contributed by atoms with Gasteiger partial charge in [-0.3, -0.25) is 9.59 Å². The summed E-state index contributed by atoms with van der Waals surface area (Å²) < 4.78 is 10.4. The van der Waals surface area contributed by atoms with E-state index in [2.05, 4.69) is 10.6 Å². The fraction of sp³-hybridized carbons (Fsp3) is 0.222. The Morgan fingerprint density at radius 2 is 1.62 bits per heavy atom. The van der Waals surface area contributed by atoms with E-state index in [1.54, 1.807) is 49.6 Å². The predicted molar refractivity (Wildman–Crippen MR) is 91.5 cm³/mol. The maximum absolute atomic E-state index is 12.3. The second-order valence-corrected chi connectivity index (χ2v) is 5.13. The molecule has 6 nitrogen and oxygen atoms in total. The molecule has 0 aliphatic rings. The van der Waals surface area contributed by atoms with Crippen molar-refractivity contribution >= 4 is 17.5 Å². The zero-order valence-electron chi connectivity index (χ0n) is 13.9. The van der Waals surface area contributed by atoms with Crippen LogP contribution in [0.1, 0.15) is 22.8 Å². The molecule has 24 heavy (non-hydrogen) atoms. The molecule has 0 fully saturated rings. The van der Waals surface area contributed by atoms with Gasteiger partial charge >= 0.3 is 0 Å². The molecule has 0 bridgehead atoms. The molecule has 0 saturated carbocycles. The van der Waals surface area contributed by atoms with Crippen LogP contribution in [0.3, 0.4) is 0 Å². The van der Waals surface area contributed by atoms with Crippen LogP contribution in [0.25, 0.3) is 0 Å². The average Bonchev–Trinajstić information content (AvgIpc) is 2.60. The van der Waals surface area contributed by atoms with Crippen LogP contribution in [0.2, 0.25) is 0 Å². The molecule has 0 aliphatic carbocycles. The van der Waals surface area contributed by atoms with Crippen LogP contribution in [0.15, 0.2) is 42.5 Å². The number of hydrogen-bond donors (Lipinski definition) is 2. The van der Waals surface area contributed by atoms with Gasteiger partial charge in [0.15, 0.2) is 11.5 Å². The number of amides is 2. The fourth-order valence-corrected chi connectivity index (χ4v) is 2.12. The second kappa shape index (κ2) is 8.01. The fourth-order valence-electron chi connectivity index (χ4n) is 2.12. The lowest BCUT2D eigenvalue weighted by Gasteiger charge is -2.11. The number of carbonyl (C=O) groups is 2. The molecule has 0 atom stereocenters. The van der Waals surface area contributed by atoms with E-state index >= 15 is 0 Å². The minimum Gasteiger partial charge on any atom is -0.493 e. The number of benzene rings is 2. The predicted octanol–water partition coefficient (Wildman–Crippen LogP) is 2.59. The van der Waals surface area contributed by atoms with Crippen molar-refractivity contribution in [1.82, 2.24) is 5.32 Å². The summed E-state index contributed by atoms with van der Waals surface area (Å²) in [6.45, 7) is 1.90. The van der Waals surface area contributed by atoms with E-state index in [0.29, 0.717) is 29.3 Å². The van der Waals surface area contributed by atoms with Gasteiger partial charge in [0.2, 0.25) is 5.91 Å². The Bertz CT molecular complexity index is 726. The SMILES string of the molecule is COc1ccc(NC(=O)c2ccc(CNC(C)=O)cc2)cc1OC. The van der Waals surface area contributed by atoms with Gasteiger partial charge in [0.25, 0.3) is 5.91 Å². The Hall–Kier alpha value is -3.02. The van der Waals surface area contributed by atoms with E-state index in [1.165, 1.54) is 14.0 Å². The third-order valence-corrected chi connectivity index (χ3v) is 3.40. The van der Waals surface area contributed by atoms with Gasteiger partial charge < -0.3 is 20.1 Å². The quantitative estimate of drug-likeness (QED) is 0.854. The van der Waals surface area contributed by atoms with E-state index in [9.17, 15) is 9.59 Å². The largest absolute Gasteiger partial charge is 0.493 e. The van der Waals surface area contributed by atoms with Crippen molar-refractivity contribution in [2.45, 2.75) is 13.5 Å². The number of nitrogens with one attached hydrogen (secondary N) is 2. The number of methoxy groups -OCH3 is 2. The zero-order chi connectivity index (χ0) is 17.5. The lowest BCUT2D eigenvalue weighted by atomic mass is 10.1. The van der Waals surface area contributed by atoms with Gasteiger partial charge in [-0.15, -0.1) is 0 Å². The molecule has 2 N–H and O–H groups in total. The first-order valence-electron chi connectivity index (χ1n) is 7.40. The third kappa shape index (κ3) is 4.49. The average molecular weight is 328 g/mol. The van der Waals surface area contributed by atoms with Gasteiger partial charge in [0, 0.05) is 30.8 Å². The van der Waals surface area contributed by atoms with Crippen LogP contribution < -0.4 is 20.1 Å². The highest BCUT2D eigenvalue weighted by Gasteiger charge is 2.09. The Kier molecular flexibility index (Phi) is 5.78. The summed E-state index contributed by atoms with van der Waals surface area (Å²) in [7, 11) is 3.09. The molecule has 0 unspecified atom stereocenters. The van der Waals surface area contributed by atoms with E-state index < -0.39 is 0 Å². The minimum absolute atomic E-state index is 0.0923. The van der Waals surface area contributed by atoms with Gasteiger partial charge in [-0.25, -0.2) is 0 Å². The highest BCUT2D eigenvalue weighted by atomic mass is 16.5. The van der Waals surface area contributed by atoms with Crippen LogP contribution in [0.4, 0.5) is 5.69 Å². The Morgan fingerprint density at radius 1 is 0.958 bits per heavy atom. The summed E-state index contributed by atoms with van der Waals surface area (Å²) in [5.41, 5.74) is 2.06. The Balaban J connectivity index is 2.05. The standard InChI is InChI=1S/C18H20N2O4/c1-12(21)19-11-13-4-6-14(7-5-13)18(22)20-15-8-9-16(23-2)17(10-15)24-3/h4-10H,11H2,1-3H3,(H,19,21)(H,20,22). The third-order valence-electron chi connectivity index (χ3n) is 3.40. The minimum atomic E-state index is -0.228. The summed E-state index contributed by atoms with van der Waals surface area (Å²) in [5.74, 6) is 0.817. The normalized spacial score (nSPS) is 9.96. The summed E-state index contributed by atoms with van der Waals surface area (Å²) in [6.07, 6.45) is 0. The molecule has 126 valence electrons. The molecule has 0 spiro atoms. The zero-order valence-corrected chi connectivity index (χ0v) is 13.9. The number of rotatable bonds is 6. The van der Waals surface area contributed by atoms with Crippen molar-refractivity contribution in [3.05, 3.63) is 53.6 Å². The van der Waals surface area contributed by atoms with E-state index in [0.717, 1.165) is 5.56 Å². The lowest BCUT2D eigenvalue weighted by molar-refractivity contribution is -0.119. The first-order valence-corrected chi connectivity index (χ1v) is 7.40. The van der Waals surface area contributed by atoms with Crippen LogP contribution >= 0.6 is 0 Å². The van der Waals surface area contributed by atoms with Gasteiger partial charge in [0.05, 0.1) is 14.2 Å². The van der Waals surface area contributed by atoms with Gasteiger partial charge in [0.1, 0.15) is 0 Å². The van der Waals surface area contributed by atoms with Crippen LogP contribution in [0, 0.1) is 0 Å². The number of hydrogen-bond acceptors (Lipinski definition) is 4. The maximum atomic E-state index is 12.3. The van der Waals surface area contributed by atoms with Gasteiger partial charge in [-0.05, 0) is 29.8 Å². The van der Waals surface area contributed by atoms with Gasteiger partial charge in [-0.2, -0.15) is 0 Å². The molecule has 0 radical (unpaired) electrons. The van der Waals surface area contributed by atoms with Crippen molar-refractivity contribution < 1.29 is 19.1 Å². The van der Waals surface area contributed by atoms with E-state index in [1.807, 2.05) is 0 Å². The van der Waals surface area contributed by atoms with Crippen molar-refractivity contribution in [2.75, 3.05) is 19.5 Å².